The molecule has 10 heteroatoms. The Hall–Kier alpha value is -3.79. The first-order valence-corrected chi connectivity index (χ1v) is 11.1. The van der Waals surface area contributed by atoms with Gasteiger partial charge in [0.15, 0.2) is 11.5 Å². The van der Waals surface area contributed by atoms with E-state index in [4.69, 9.17) is 9.47 Å². The summed E-state index contributed by atoms with van der Waals surface area (Å²) in [6, 6.07) is 10.2. The third kappa shape index (κ3) is 5.57. The van der Waals surface area contributed by atoms with Gasteiger partial charge in [0, 0.05) is 5.69 Å². The second-order valence-electron chi connectivity index (χ2n) is 7.57. The number of aliphatic carboxylic acids is 1. The molecule has 1 aliphatic rings. The molecule has 1 saturated heterocycles. The van der Waals surface area contributed by atoms with Crippen LogP contribution in [0, 0.1) is 13.8 Å². The fourth-order valence-electron chi connectivity index (χ4n) is 3.23. The lowest BCUT2D eigenvalue weighted by molar-refractivity contribution is -0.312. The van der Waals surface area contributed by atoms with E-state index in [2.05, 4.69) is 5.32 Å². The number of nitrogens with zero attached hydrogens (tertiary/aromatic N) is 1. The van der Waals surface area contributed by atoms with Gasteiger partial charge in [-0.25, -0.2) is 0 Å². The Kier molecular flexibility index (Phi) is 7.62. The molecule has 3 rings (SSSR count). The maximum Gasteiger partial charge on any atom is 0.294 e. The van der Waals surface area contributed by atoms with Gasteiger partial charge in [0.1, 0.15) is 12.6 Å². The van der Waals surface area contributed by atoms with Crippen molar-refractivity contribution < 1.29 is 33.8 Å². The number of para-hydroxylation sites is 1. The number of nitrogens with one attached hydrogen (secondary N) is 1. The van der Waals surface area contributed by atoms with Crippen LogP contribution >= 0.6 is 11.8 Å². The SMILES string of the molecule is COc1cc(/C=C2\SC(=O)N(CC(=O)Nc3c(C)cccc3C)C2=O)ccc1O[C@@H](C)C(=O)[O-]. The number of carboxylic acid groups (broad SMARTS) is 1. The molecule has 3 amide bonds. The van der Waals surface area contributed by atoms with Crippen LogP contribution in [0.15, 0.2) is 41.3 Å². The van der Waals surface area contributed by atoms with Crippen LogP contribution in [-0.2, 0) is 14.4 Å². The fourth-order valence-corrected chi connectivity index (χ4v) is 4.07. The Bertz CT molecular complexity index is 1170. The summed E-state index contributed by atoms with van der Waals surface area (Å²) in [6.07, 6.45) is 0.300. The molecular formula is C24H23N2O7S-. The Morgan fingerprint density at radius 1 is 1.15 bits per heavy atom. The van der Waals surface area contributed by atoms with Crippen molar-refractivity contribution in [3.05, 3.63) is 58.0 Å². The van der Waals surface area contributed by atoms with Crippen molar-refractivity contribution in [3.63, 3.8) is 0 Å². The molecule has 34 heavy (non-hydrogen) atoms. The minimum Gasteiger partial charge on any atom is -0.546 e. The average Bonchev–Trinajstić information content (AvgIpc) is 3.04. The van der Waals surface area contributed by atoms with Crippen molar-refractivity contribution in [1.82, 2.24) is 4.90 Å². The Labute approximate surface area is 200 Å². The van der Waals surface area contributed by atoms with Crippen molar-refractivity contribution in [2.45, 2.75) is 26.9 Å². The first-order chi connectivity index (χ1) is 16.1. The van der Waals surface area contributed by atoms with Crippen LogP contribution in [0.2, 0.25) is 0 Å². The van der Waals surface area contributed by atoms with Crippen molar-refractivity contribution in [3.8, 4) is 11.5 Å². The Morgan fingerprint density at radius 2 is 1.82 bits per heavy atom. The largest absolute Gasteiger partial charge is 0.546 e. The molecule has 0 radical (unpaired) electrons. The number of aryl methyl sites for hydroxylation is 2. The number of ether oxygens (including phenoxy) is 2. The molecule has 2 aromatic rings. The molecule has 1 aliphatic heterocycles. The van der Waals surface area contributed by atoms with Crippen LogP contribution in [0.3, 0.4) is 0 Å². The number of thioether (sulfide) groups is 1. The average molecular weight is 484 g/mol. The molecule has 9 nitrogen and oxygen atoms in total. The zero-order valence-electron chi connectivity index (χ0n) is 19.0. The predicted octanol–water partition coefficient (Wildman–Crippen LogP) is 2.50. The van der Waals surface area contributed by atoms with E-state index in [1.165, 1.54) is 26.2 Å². The number of amides is 3. The van der Waals surface area contributed by atoms with Gasteiger partial charge >= 0.3 is 0 Å². The number of rotatable bonds is 8. The molecular weight excluding hydrogens is 460 g/mol. The molecule has 0 bridgehead atoms. The molecule has 0 spiro atoms. The summed E-state index contributed by atoms with van der Waals surface area (Å²) < 4.78 is 10.5. The highest BCUT2D eigenvalue weighted by Gasteiger charge is 2.36. The lowest BCUT2D eigenvalue weighted by atomic mass is 10.1. The molecule has 2 aromatic carbocycles. The number of imide groups is 1. The molecule has 1 fully saturated rings. The normalized spacial score (nSPS) is 15.4. The second kappa shape index (κ2) is 10.4. The number of carbonyl (C=O) groups is 4. The molecule has 0 aliphatic carbocycles. The van der Waals surface area contributed by atoms with Gasteiger partial charge in [0.05, 0.1) is 18.0 Å². The van der Waals surface area contributed by atoms with Crippen molar-refractivity contribution in [1.29, 1.82) is 0 Å². The molecule has 0 saturated carbocycles. The Morgan fingerprint density at radius 3 is 2.44 bits per heavy atom. The van der Waals surface area contributed by atoms with Gasteiger partial charge in [-0.3, -0.25) is 19.3 Å². The van der Waals surface area contributed by atoms with Crippen molar-refractivity contribution >= 4 is 46.5 Å². The lowest BCUT2D eigenvalue weighted by Crippen LogP contribution is -2.37. The smallest absolute Gasteiger partial charge is 0.294 e. The minimum absolute atomic E-state index is 0.142. The number of hydrogen-bond acceptors (Lipinski definition) is 8. The summed E-state index contributed by atoms with van der Waals surface area (Å²) in [5, 5.41) is 13.1. The van der Waals surface area contributed by atoms with Gasteiger partial charge in [-0.15, -0.1) is 0 Å². The Balaban J connectivity index is 1.74. The van der Waals surface area contributed by atoms with Crippen LogP contribution in [0.4, 0.5) is 10.5 Å². The van der Waals surface area contributed by atoms with E-state index in [0.29, 0.717) is 11.3 Å². The van der Waals surface area contributed by atoms with E-state index in [0.717, 1.165) is 27.8 Å². The standard InChI is InChI=1S/C24H24N2O7S/c1-13-6-5-7-14(2)21(13)25-20(27)12-26-22(28)19(34-24(26)31)11-16-8-9-17(18(10-16)32-4)33-15(3)23(29)30/h5-11,15H,12H2,1-4H3,(H,25,27)(H,29,30)/p-1/b19-11-/t15-/m0/s1. The molecule has 0 unspecified atom stereocenters. The summed E-state index contributed by atoms with van der Waals surface area (Å²) in [4.78, 5) is 49.7. The van der Waals surface area contributed by atoms with E-state index in [9.17, 15) is 24.3 Å². The highest BCUT2D eigenvalue weighted by atomic mass is 32.2. The zero-order chi connectivity index (χ0) is 25.0. The van der Waals surface area contributed by atoms with Crippen molar-refractivity contribution in [2.24, 2.45) is 0 Å². The number of anilines is 1. The molecule has 178 valence electrons. The highest BCUT2D eigenvalue weighted by molar-refractivity contribution is 8.18. The molecule has 1 atom stereocenters. The van der Waals surface area contributed by atoms with Gasteiger partial charge in [-0.05, 0) is 67.4 Å². The summed E-state index contributed by atoms with van der Waals surface area (Å²) >= 11 is 0.724. The van der Waals surface area contributed by atoms with Crippen LogP contribution in [-0.4, -0.2) is 47.7 Å². The van der Waals surface area contributed by atoms with Gasteiger partial charge in [-0.1, -0.05) is 24.3 Å². The maximum absolute atomic E-state index is 12.8. The number of benzene rings is 2. The monoisotopic (exact) mass is 483 g/mol. The van der Waals surface area contributed by atoms with Crippen LogP contribution in [0.1, 0.15) is 23.6 Å². The summed E-state index contributed by atoms with van der Waals surface area (Å²) in [5.41, 5.74) is 2.92. The number of carboxylic acids is 1. The van der Waals surface area contributed by atoms with E-state index < -0.39 is 35.7 Å². The third-order valence-corrected chi connectivity index (χ3v) is 5.95. The lowest BCUT2D eigenvalue weighted by Gasteiger charge is -2.17. The van der Waals surface area contributed by atoms with E-state index in [1.54, 1.807) is 12.1 Å². The van der Waals surface area contributed by atoms with Crippen molar-refractivity contribution in [2.75, 3.05) is 19.0 Å². The summed E-state index contributed by atoms with van der Waals surface area (Å²) in [5.74, 6) is -2.01. The molecule has 1 N–H and O–H groups in total. The van der Waals surface area contributed by atoms with E-state index in [-0.39, 0.29) is 16.4 Å². The van der Waals surface area contributed by atoms with Gasteiger partial charge in [-0.2, -0.15) is 0 Å². The maximum atomic E-state index is 12.8. The molecule has 1 heterocycles. The first kappa shape index (κ1) is 24.8. The predicted molar refractivity (Wildman–Crippen MR) is 125 cm³/mol. The topological polar surface area (TPSA) is 125 Å². The number of hydrogen-bond donors (Lipinski definition) is 1. The second-order valence-corrected chi connectivity index (χ2v) is 8.57. The first-order valence-electron chi connectivity index (χ1n) is 10.3. The van der Waals surface area contributed by atoms with E-state index in [1.807, 2.05) is 32.0 Å². The van der Waals surface area contributed by atoms with Crippen LogP contribution < -0.4 is 19.9 Å². The zero-order valence-corrected chi connectivity index (χ0v) is 19.9. The van der Waals surface area contributed by atoms with Gasteiger partial charge < -0.3 is 24.7 Å². The summed E-state index contributed by atoms with van der Waals surface area (Å²) in [7, 11) is 1.39. The van der Waals surface area contributed by atoms with Gasteiger partial charge in [0.25, 0.3) is 11.1 Å². The number of carbonyl (C=O) groups excluding carboxylic acids is 4. The fraction of sp³-hybridized carbons (Fsp3) is 0.250. The third-order valence-electron chi connectivity index (χ3n) is 5.04. The van der Waals surface area contributed by atoms with Crippen LogP contribution in [0.25, 0.3) is 6.08 Å². The van der Waals surface area contributed by atoms with E-state index >= 15 is 0 Å². The highest BCUT2D eigenvalue weighted by Crippen LogP contribution is 2.35. The quantitative estimate of drug-likeness (QED) is 0.568. The minimum atomic E-state index is -1.37. The molecule has 0 aromatic heterocycles. The summed E-state index contributed by atoms with van der Waals surface area (Å²) in [6.45, 7) is 4.63. The van der Waals surface area contributed by atoms with Crippen LogP contribution in [0.5, 0.6) is 11.5 Å². The van der Waals surface area contributed by atoms with Gasteiger partial charge in [0.2, 0.25) is 5.91 Å². The number of methoxy groups -OCH3 is 1.